The number of fused-ring (bicyclic) bond motifs is 1. The lowest BCUT2D eigenvalue weighted by Crippen LogP contribution is -2.37. The SMILES string of the molecule is O=C(ON(Cc1ccc(Oc2ccc3nc[nH]c3c2)cc1)CC1CCCCC1)C(F)(F)F. The number of carbonyl (C=O) groups is 1. The highest BCUT2D eigenvalue weighted by Crippen LogP contribution is 2.28. The van der Waals surface area contributed by atoms with E-state index in [1.54, 1.807) is 36.7 Å². The molecule has 1 aliphatic rings. The molecule has 9 heteroatoms. The van der Waals surface area contributed by atoms with Crippen molar-refractivity contribution in [2.75, 3.05) is 6.54 Å². The Morgan fingerprint density at radius 2 is 1.78 bits per heavy atom. The number of ether oxygens (including phenoxy) is 1. The lowest BCUT2D eigenvalue weighted by Gasteiger charge is -2.28. The third kappa shape index (κ3) is 5.79. The second-order valence-corrected chi connectivity index (χ2v) is 8.03. The molecule has 1 aliphatic carbocycles. The van der Waals surface area contributed by atoms with Crippen molar-refractivity contribution in [3.05, 3.63) is 54.4 Å². The van der Waals surface area contributed by atoms with Crippen molar-refractivity contribution in [2.45, 2.75) is 44.8 Å². The van der Waals surface area contributed by atoms with Gasteiger partial charge in [-0.1, -0.05) is 31.4 Å². The van der Waals surface area contributed by atoms with Crippen LogP contribution in [0.25, 0.3) is 11.0 Å². The fourth-order valence-corrected chi connectivity index (χ4v) is 3.94. The van der Waals surface area contributed by atoms with Crippen molar-refractivity contribution in [2.24, 2.45) is 5.92 Å². The molecule has 2 aromatic carbocycles. The van der Waals surface area contributed by atoms with Crippen molar-refractivity contribution in [1.29, 1.82) is 0 Å². The minimum atomic E-state index is -5.03. The molecule has 3 aromatic rings. The lowest BCUT2D eigenvalue weighted by molar-refractivity contribution is -0.243. The number of benzene rings is 2. The summed E-state index contributed by atoms with van der Waals surface area (Å²) in [6.45, 7) is 0.350. The van der Waals surface area contributed by atoms with Gasteiger partial charge in [0.15, 0.2) is 0 Å². The third-order valence-corrected chi connectivity index (χ3v) is 5.54. The molecular weight excluding hydrogens is 423 g/mol. The van der Waals surface area contributed by atoms with E-state index in [4.69, 9.17) is 9.57 Å². The first-order valence-corrected chi connectivity index (χ1v) is 10.6. The van der Waals surface area contributed by atoms with Crippen LogP contribution in [0.1, 0.15) is 37.7 Å². The van der Waals surface area contributed by atoms with E-state index in [1.807, 2.05) is 12.1 Å². The fourth-order valence-electron chi connectivity index (χ4n) is 3.94. The van der Waals surface area contributed by atoms with Crippen LogP contribution in [0.4, 0.5) is 13.2 Å². The van der Waals surface area contributed by atoms with Crippen LogP contribution in [0.2, 0.25) is 0 Å². The van der Waals surface area contributed by atoms with Crippen LogP contribution in [-0.2, 0) is 16.2 Å². The number of nitrogens with one attached hydrogen (secondary N) is 1. The molecule has 0 aliphatic heterocycles. The highest BCUT2D eigenvalue weighted by molar-refractivity contribution is 5.76. The topological polar surface area (TPSA) is 67.4 Å². The van der Waals surface area contributed by atoms with Gasteiger partial charge in [-0.25, -0.2) is 9.78 Å². The number of nitrogens with zero attached hydrogens (tertiary/aromatic N) is 2. The Morgan fingerprint density at radius 3 is 2.50 bits per heavy atom. The van der Waals surface area contributed by atoms with E-state index in [9.17, 15) is 18.0 Å². The maximum absolute atomic E-state index is 12.7. The molecule has 0 unspecified atom stereocenters. The van der Waals surface area contributed by atoms with Crippen LogP contribution in [0.15, 0.2) is 48.8 Å². The van der Waals surface area contributed by atoms with Gasteiger partial charge in [-0.15, -0.1) is 5.06 Å². The maximum atomic E-state index is 12.7. The summed E-state index contributed by atoms with van der Waals surface area (Å²) >= 11 is 0. The molecule has 0 bridgehead atoms. The summed E-state index contributed by atoms with van der Waals surface area (Å²) < 4.78 is 44.1. The number of hydrogen-bond donors (Lipinski definition) is 1. The van der Waals surface area contributed by atoms with E-state index in [2.05, 4.69) is 9.97 Å². The maximum Gasteiger partial charge on any atom is 0.492 e. The highest BCUT2D eigenvalue weighted by atomic mass is 19.4. The smallest absolute Gasteiger partial charge is 0.457 e. The van der Waals surface area contributed by atoms with Gasteiger partial charge < -0.3 is 14.6 Å². The van der Waals surface area contributed by atoms with Crippen LogP contribution in [0, 0.1) is 5.92 Å². The summed E-state index contributed by atoms with van der Waals surface area (Å²) in [4.78, 5) is 23.3. The van der Waals surface area contributed by atoms with Crippen molar-refractivity contribution >= 4 is 17.0 Å². The standard InChI is InChI=1S/C23H24F3N3O3/c24-23(25,26)22(30)32-29(13-16-4-2-1-3-5-16)14-17-6-8-18(9-7-17)31-19-10-11-20-21(12-19)28-15-27-20/h6-12,15-16H,1-5,13-14H2,(H,27,28). The summed E-state index contributed by atoms with van der Waals surface area (Å²) in [6.07, 6.45) is 1.64. The first-order chi connectivity index (χ1) is 15.4. The minimum absolute atomic E-state index is 0.0682. The number of H-pyrrole nitrogens is 1. The number of aromatic amines is 1. The summed E-state index contributed by atoms with van der Waals surface area (Å²) in [7, 11) is 0. The van der Waals surface area contributed by atoms with Gasteiger partial charge in [-0.3, -0.25) is 0 Å². The van der Waals surface area contributed by atoms with E-state index < -0.39 is 12.1 Å². The number of aromatic nitrogens is 2. The highest BCUT2D eigenvalue weighted by Gasteiger charge is 2.42. The zero-order chi connectivity index (χ0) is 22.6. The summed E-state index contributed by atoms with van der Waals surface area (Å²) in [6, 6.07) is 12.4. The van der Waals surface area contributed by atoms with Crippen LogP contribution in [0.5, 0.6) is 11.5 Å². The van der Waals surface area contributed by atoms with Gasteiger partial charge in [0.05, 0.1) is 23.9 Å². The molecule has 0 radical (unpaired) electrons. The largest absolute Gasteiger partial charge is 0.492 e. The molecule has 1 heterocycles. The fraction of sp³-hybridized carbons (Fsp3) is 0.391. The van der Waals surface area contributed by atoms with E-state index in [0.717, 1.165) is 48.2 Å². The second kappa shape index (κ2) is 9.60. The van der Waals surface area contributed by atoms with Crippen LogP contribution >= 0.6 is 0 Å². The molecule has 1 saturated carbocycles. The number of imidazole rings is 1. The van der Waals surface area contributed by atoms with Crippen LogP contribution in [0.3, 0.4) is 0 Å². The molecule has 32 heavy (non-hydrogen) atoms. The molecule has 1 fully saturated rings. The first-order valence-electron chi connectivity index (χ1n) is 10.6. The Morgan fingerprint density at radius 1 is 1.06 bits per heavy atom. The first kappa shape index (κ1) is 22.1. The average molecular weight is 447 g/mol. The molecule has 4 rings (SSSR count). The lowest BCUT2D eigenvalue weighted by atomic mass is 9.89. The van der Waals surface area contributed by atoms with E-state index >= 15 is 0 Å². The molecule has 170 valence electrons. The van der Waals surface area contributed by atoms with Gasteiger partial charge in [-0.05, 0) is 48.6 Å². The second-order valence-electron chi connectivity index (χ2n) is 8.03. The van der Waals surface area contributed by atoms with Crippen molar-refractivity contribution in [3.8, 4) is 11.5 Å². The van der Waals surface area contributed by atoms with Gasteiger partial charge in [-0.2, -0.15) is 13.2 Å². The Kier molecular flexibility index (Phi) is 6.64. The van der Waals surface area contributed by atoms with E-state index in [1.165, 1.54) is 0 Å². The molecular formula is C23H24F3N3O3. The van der Waals surface area contributed by atoms with Gasteiger partial charge in [0, 0.05) is 12.6 Å². The minimum Gasteiger partial charge on any atom is -0.457 e. The molecule has 0 spiro atoms. The monoisotopic (exact) mass is 447 g/mol. The Bertz CT molecular complexity index is 1040. The molecule has 0 amide bonds. The summed E-state index contributed by atoms with van der Waals surface area (Å²) in [5, 5.41) is 1.13. The predicted molar refractivity (Wildman–Crippen MR) is 112 cm³/mol. The predicted octanol–water partition coefficient (Wildman–Crippen LogP) is 5.76. The normalized spacial score (nSPS) is 15.2. The van der Waals surface area contributed by atoms with Gasteiger partial charge in [0.1, 0.15) is 11.5 Å². The molecule has 1 N–H and O–H groups in total. The molecule has 1 aromatic heterocycles. The zero-order valence-electron chi connectivity index (χ0n) is 17.4. The molecule has 0 atom stereocenters. The summed E-state index contributed by atoms with van der Waals surface area (Å²) in [5.41, 5.74) is 2.40. The number of carbonyl (C=O) groups excluding carboxylic acids is 1. The molecule has 6 nitrogen and oxygen atoms in total. The van der Waals surface area contributed by atoms with E-state index in [-0.39, 0.29) is 19.0 Å². The van der Waals surface area contributed by atoms with Gasteiger partial charge in [0.2, 0.25) is 0 Å². The van der Waals surface area contributed by atoms with Crippen LogP contribution < -0.4 is 4.74 Å². The van der Waals surface area contributed by atoms with Crippen LogP contribution in [-0.4, -0.2) is 33.7 Å². The Balaban J connectivity index is 1.41. The Labute approximate surface area is 183 Å². The Hall–Kier alpha value is -3.07. The zero-order valence-corrected chi connectivity index (χ0v) is 17.4. The number of hydroxylamine groups is 2. The number of halogens is 3. The number of rotatable bonds is 7. The van der Waals surface area contributed by atoms with Gasteiger partial charge in [0.25, 0.3) is 0 Å². The third-order valence-electron chi connectivity index (χ3n) is 5.54. The number of hydrogen-bond acceptors (Lipinski definition) is 5. The van der Waals surface area contributed by atoms with Gasteiger partial charge >= 0.3 is 12.1 Å². The van der Waals surface area contributed by atoms with Crippen molar-refractivity contribution < 1.29 is 27.5 Å². The summed E-state index contributed by atoms with van der Waals surface area (Å²) in [5.74, 6) is -0.765. The number of alkyl halides is 3. The van der Waals surface area contributed by atoms with Crippen molar-refractivity contribution in [3.63, 3.8) is 0 Å². The van der Waals surface area contributed by atoms with E-state index in [0.29, 0.717) is 17.1 Å². The quantitative estimate of drug-likeness (QED) is 0.467. The molecule has 0 saturated heterocycles. The van der Waals surface area contributed by atoms with Crippen molar-refractivity contribution in [1.82, 2.24) is 15.0 Å². The average Bonchev–Trinajstić information content (AvgIpc) is 3.23.